The largest absolute Gasteiger partial charge is 0.480 e. The first-order valence-electron chi connectivity index (χ1n) is 6.56. The Labute approximate surface area is 121 Å². The van der Waals surface area contributed by atoms with Crippen LogP contribution in [0.3, 0.4) is 0 Å². The molecule has 0 spiro atoms. The second-order valence-electron chi connectivity index (χ2n) is 5.13. The van der Waals surface area contributed by atoms with Crippen LogP contribution in [0.1, 0.15) is 17.5 Å². The van der Waals surface area contributed by atoms with E-state index in [0.29, 0.717) is 18.5 Å². The van der Waals surface area contributed by atoms with Crippen molar-refractivity contribution in [3.8, 4) is 0 Å². The van der Waals surface area contributed by atoms with Crippen LogP contribution in [0.5, 0.6) is 0 Å². The second kappa shape index (κ2) is 4.81. The number of hydrogen-bond acceptors (Lipinski definition) is 4. The van der Waals surface area contributed by atoms with Crippen molar-refractivity contribution in [2.45, 2.75) is 24.2 Å². The normalized spacial score (nSPS) is 17.0. The van der Waals surface area contributed by atoms with Crippen LogP contribution in [-0.2, 0) is 32.5 Å². The van der Waals surface area contributed by atoms with Gasteiger partial charge in [-0.3, -0.25) is 9.59 Å². The Kier molecular flexibility index (Phi) is 3.22. The maximum Gasteiger partial charge on any atom is 0.318 e. The van der Waals surface area contributed by atoms with Gasteiger partial charge >= 0.3 is 5.97 Å². The standard InChI is InChI=1S/C13H14N2O5S/c16-11-6-9-5-10(21(19,20)14-7-12(17)18)4-8-2-1-3-15(11)13(8)9/h4-5,14H,1-3,6-7H2,(H,17,18). The number of carbonyl (C=O) groups is 2. The average Bonchev–Trinajstić information content (AvgIpc) is 2.75. The van der Waals surface area contributed by atoms with E-state index in [1.54, 1.807) is 4.90 Å². The molecule has 8 heteroatoms. The highest BCUT2D eigenvalue weighted by atomic mass is 32.2. The summed E-state index contributed by atoms with van der Waals surface area (Å²) in [5.41, 5.74) is 2.37. The fraction of sp³-hybridized carbons (Fsp3) is 0.385. The number of hydrogen-bond donors (Lipinski definition) is 2. The highest BCUT2D eigenvalue weighted by Crippen LogP contribution is 2.38. The SMILES string of the molecule is O=C(O)CNS(=O)(=O)c1cc2c3c(c1)CC(=O)N3CCC2. The summed E-state index contributed by atoms with van der Waals surface area (Å²) >= 11 is 0. The van der Waals surface area contributed by atoms with Crippen LogP contribution < -0.4 is 9.62 Å². The van der Waals surface area contributed by atoms with Gasteiger partial charge in [-0.25, -0.2) is 8.42 Å². The van der Waals surface area contributed by atoms with Crippen molar-refractivity contribution >= 4 is 27.6 Å². The molecule has 1 aromatic carbocycles. The number of sulfonamides is 1. The predicted octanol–water partition coefficient (Wildman–Crippen LogP) is -0.115. The lowest BCUT2D eigenvalue weighted by molar-refractivity contribution is -0.135. The number of aryl methyl sites for hydroxylation is 1. The smallest absolute Gasteiger partial charge is 0.318 e. The summed E-state index contributed by atoms with van der Waals surface area (Å²) in [5.74, 6) is -1.26. The number of carboxylic acid groups (broad SMARTS) is 1. The molecule has 112 valence electrons. The quantitative estimate of drug-likeness (QED) is 0.807. The number of anilines is 1. The zero-order valence-electron chi connectivity index (χ0n) is 11.1. The van der Waals surface area contributed by atoms with Gasteiger partial charge in [0.25, 0.3) is 0 Å². The van der Waals surface area contributed by atoms with Gasteiger partial charge in [0.1, 0.15) is 6.54 Å². The molecule has 0 unspecified atom stereocenters. The Morgan fingerprint density at radius 2 is 2.05 bits per heavy atom. The first-order valence-corrected chi connectivity index (χ1v) is 8.04. The van der Waals surface area contributed by atoms with Gasteiger partial charge in [-0.1, -0.05) is 0 Å². The van der Waals surface area contributed by atoms with Crippen LogP contribution in [-0.4, -0.2) is 38.5 Å². The Hall–Kier alpha value is -1.93. The first kappa shape index (κ1) is 14.0. The molecule has 2 N–H and O–H groups in total. The Morgan fingerprint density at radius 1 is 1.33 bits per heavy atom. The third-order valence-electron chi connectivity index (χ3n) is 3.71. The van der Waals surface area contributed by atoms with Gasteiger partial charge in [0.15, 0.2) is 0 Å². The lowest BCUT2D eigenvalue weighted by Crippen LogP contribution is -2.32. The van der Waals surface area contributed by atoms with Gasteiger partial charge in [0.05, 0.1) is 17.0 Å². The van der Waals surface area contributed by atoms with E-state index in [4.69, 9.17) is 5.11 Å². The lowest BCUT2D eigenvalue weighted by Gasteiger charge is -2.25. The number of rotatable bonds is 4. The molecule has 0 saturated heterocycles. The average molecular weight is 310 g/mol. The molecule has 2 aliphatic rings. The van der Waals surface area contributed by atoms with Crippen molar-refractivity contribution in [2.24, 2.45) is 0 Å². The molecule has 2 heterocycles. The molecule has 0 saturated carbocycles. The van der Waals surface area contributed by atoms with Crippen LogP contribution in [0.15, 0.2) is 17.0 Å². The van der Waals surface area contributed by atoms with Crippen molar-refractivity contribution in [3.05, 3.63) is 23.3 Å². The summed E-state index contributed by atoms with van der Waals surface area (Å²) in [7, 11) is -3.88. The zero-order valence-corrected chi connectivity index (χ0v) is 11.9. The highest BCUT2D eigenvalue weighted by Gasteiger charge is 2.33. The third kappa shape index (κ3) is 2.40. The molecule has 0 bridgehead atoms. The van der Waals surface area contributed by atoms with Crippen molar-refractivity contribution in [3.63, 3.8) is 0 Å². The number of nitrogens with one attached hydrogen (secondary N) is 1. The van der Waals surface area contributed by atoms with Gasteiger partial charge in [0, 0.05) is 6.54 Å². The number of carboxylic acids is 1. The number of carbonyl (C=O) groups excluding carboxylic acids is 1. The van der Waals surface area contributed by atoms with E-state index in [1.807, 2.05) is 4.72 Å². The molecular weight excluding hydrogens is 296 g/mol. The second-order valence-corrected chi connectivity index (χ2v) is 6.90. The van der Waals surface area contributed by atoms with E-state index in [0.717, 1.165) is 17.7 Å². The number of nitrogens with zero attached hydrogens (tertiary/aromatic N) is 1. The summed E-state index contributed by atoms with van der Waals surface area (Å²) < 4.78 is 26.3. The molecule has 2 aliphatic heterocycles. The van der Waals surface area contributed by atoms with Crippen molar-refractivity contribution < 1.29 is 23.1 Å². The van der Waals surface area contributed by atoms with Crippen LogP contribution >= 0.6 is 0 Å². The minimum absolute atomic E-state index is 0.0148. The zero-order chi connectivity index (χ0) is 15.2. The van der Waals surface area contributed by atoms with Gasteiger partial charge < -0.3 is 10.0 Å². The maximum absolute atomic E-state index is 12.1. The van der Waals surface area contributed by atoms with Gasteiger partial charge in [-0.2, -0.15) is 4.72 Å². The predicted molar refractivity (Wildman–Crippen MR) is 73.6 cm³/mol. The molecular formula is C13H14N2O5S. The minimum Gasteiger partial charge on any atom is -0.480 e. The number of aliphatic carboxylic acids is 1. The van der Waals surface area contributed by atoms with E-state index in [1.165, 1.54) is 12.1 Å². The van der Waals surface area contributed by atoms with Crippen molar-refractivity contribution in [2.75, 3.05) is 18.0 Å². The van der Waals surface area contributed by atoms with E-state index >= 15 is 0 Å². The monoisotopic (exact) mass is 310 g/mol. The molecule has 7 nitrogen and oxygen atoms in total. The van der Waals surface area contributed by atoms with Crippen LogP contribution in [0.2, 0.25) is 0 Å². The third-order valence-corrected chi connectivity index (χ3v) is 5.09. The summed E-state index contributed by atoms with van der Waals surface area (Å²) in [5, 5.41) is 8.58. The van der Waals surface area contributed by atoms with Gasteiger partial charge in [0.2, 0.25) is 15.9 Å². The van der Waals surface area contributed by atoms with Gasteiger partial charge in [-0.15, -0.1) is 0 Å². The number of amides is 1. The first-order chi connectivity index (χ1) is 9.88. The van der Waals surface area contributed by atoms with Crippen LogP contribution in [0.4, 0.5) is 5.69 Å². The van der Waals surface area contributed by atoms with Crippen LogP contribution in [0.25, 0.3) is 0 Å². The van der Waals surface area contributed by atoms with Gasteiger partial charge in [-0.05, 0) is 36.1 Å². The summed E-state index contributed by atoms with van der Waals surface area (Å²) in [6.45, 7) is 0.00199. The van der Waals surface area contributed by atoms with E-state index < -0.39 is 22.5 Å². The molecule has 1 amide bonds. The van der Waals surface area contributed by atoms with Crippen molar-refractivity contribution in [1.29, 1.82) is 0 Å². The maximum atomic E-state index is 12.1. The Morgan fingerprint density at radius 3 is 2.76 bits per heavy atom. The molecule has 3 rings (SSSR count). The molecule has 0 radical (unpaired) electrons. The molecule has 0 aliphatic carbocycles. The van der Waals surface area contributed by atoms with E-state index in [2.05, 4.69) is 0 Å². The van der Waals surface area contributed by atoms with Crippen molar-refractivity contribution in [1.82, 2.24) is 4.72 Å². The molecule has 0 aromatic heterocycles. The highest BCUT2D eigenvalue weighted by molar-refractivity contribution is 7.89. The minimum atomic E-state index is -3.88. The fourth-order valence-electron chi connectivity index (χ4n) is 2.84. The molecule has 1 aromatic rings. The van der Waals surface area contributed by atoms with Crippen LogP contribution in [0, 0.1) is 0 Å². The topological polar surface area (TPSA) is 104 Å². The summed E-state index contributed by atoms with van der Waals surface area (Å²) in [6.07, 6.45) is 1.71. The Bertz CT molecular complexity index is 741. The molecule has 0 atom stereocenters. The van der Waals surface area contributed by atoms with E-state index in [9.17, 15) is 18.0 Å². The summed E-state index contributed by atoms with van der Waals surface area (Å²) in [4.78, 5) is 24.1. The lowest BCUT2D eigenvalue weighted by atomic mass is 10.0. The molecule has 21 heavy (non-hydrogen) atoms. The van der Waals surface area contributed by atoms with E-state index in [-0.39, 0.29) is 17.2 Å². The molecule has 0 fully saturated rings. The summed E-state index contributed by atoms with van der Waals surface area (Å²) in [6, 6.07) is 3.00. The Balaban J connectivity index is 2.02. The number of benzene rings is 1. The fourth-order valence-corrected chi connectivity index (χ4v) is 3.92.